The van der Waals surface area contributed by atoms with Crippen LogP contribution in [0.2, 0.25) is 0 Å². The SMILES string of the molecule is CCCCCCCCCCCCCCCCOCC(O)CNC(=O)CCC.C[N+](C)(C)CCOP(=O)(O)O. The minimum absolute atomic E-state index is 0.00326. The largest absolute Gasteiger partial charge is 0.469 e. The third kappa shape index (κ3) is 37.6. The van der Waals surface area contributed by atoms with Crippen molar-refractivity contribution in [2.45, 2.75) is 123 Å². The number of carbonyl (C=O) groups excluding carboxylic acids is 1. The number of nitrogens with one attached hydrogen (secondary N) is 1. The molecular weight excluding hydrogens is 507 g/mol. The van der Waals surface area contributed by atoms with Gasteiger partial charge in [-0.25, -0.2) is 4.57 Å². The number of amides is 1. The Morgan fingerprint density at radius 3 is 1.68 bits per heavy atom. The van der Waals surface area contributed by atoms with Crippen molar-refractivity contribution in [3.63, 3.8) is 0 Å². The van der Waals surface area contributed by atoms with Crippen LogP contribution in [0.3, 0.4) is 0 Å². The van der Waals surface area contributed by atoms with Gasteiger partial charge in [0.1, 0.15) is 13.2 Å². The molecule has 230 valence electrons. The standard InChI is InChI=1S/C23H47NO3.C5H14NO4P/c1-3-5-6-7-8-9-10-11-12-13-14-15-16-17-19-27-21-22(25)20-24-23(26)18-4-2;1-6(2,3)4-5-10-11(7,8)9/h22,25H,3-21H2,1-2H3,(H,24,26);4-5H2,1-3H3,(H-,7,8,9)/p+1. The van der Waals surface area contributed by atoms with Gasteiger partial charge in [0.2, 0.25) is 5.91 Å². The number of aliphatic hydroxyl groups excluding tert-OH is 1. The molecule has 38 heavy (non-hydrogen) atoms. The fraction of sp³-hybridized carbons (Fsp3) is 0.964. The highest BCUT2D eigenvalue weighted by molar-refractivity contribution is 7.46. The van der Waals surface area contributed by atoms with Gasteiger partial charge in [-0.15, -0.1) is 0 Å². The monoisotopic (exact) mass is 569 g/mol. The minimum atomic E-state index is -4.26. The summed E-state index contributed by atoms with van der Waals surface area (Å²) in [5, 5.41) is 12.5. The van der Waals surface area contributed by atoms with Crippen LogP contribution in [0.25, 0.3) is 0 Å². The first-order valence-corrected chi connectivity index (χ1v) is 16.5. The van der Waals surface area contributed by atoms with Crippen LogP contribution < -0.4 is 5.32 Å². The lowest BCUT2D eigenvalue weighted by atomic mass is 10.0. The van der Waals surface area contributed by atoms with Gasteiger partial charge < -0.3 is 29.4 Å². The van der Waals surface area contributed by atoms with Gasteiger partial charge in [-0.2, -0.15) is 0 Å². The van der Waals surface area contributed by atoms with E-state index in [-0.39, 0.29) is 19.1 Å². The Balaban J connectivity index is 0. The number of rotatable bonds is 25. The van der Waals surface area contributed by atoms with Gasteiger partial charge in [0.25, 0.3) is 0 Å². The van der Waals surface area contributed by atoms with Crippen LogP contribution in [-0.2, 0) is 18.6 Å². The van der Waals surface area contributed by atoms with E-state index in [4.69, 9.17) is 14.5 Å². The van der Waals surface area contributed by atoms with E-state index < -0.39 is 13.9 Å². The van der Waals surface area contributed by atoms with Crippen molar-refractivity contribution in [2.75, 3.05) is 54.1 Å². The Kier molecular flexibility index (Phi) is 27.8. The maximum atomic E-state index is 11.3. The van der Waals surface area contributed by atoms with Crippen molar-refractivity contribution in [3.8, 4) is 0 Å². The van der Waals surface area contributed by atoms with E-state index in [0.29, 0.717) is 30.7 Å². The molecule has 4 N–H and O–H groups in total. The molecule has 0 saturated carbocycles. The van der Waals surface area contributed by atoms with E-state index in [1.165, 1.54) is 83.5 Å². The summed E-state index contributed by atoms with van der Waals surface area (Å²) in [6.45, 7) is 6.20. The van der Waals surface area contributed by atoms with Gasteiger partial charge >= 0.3 is 7.82 Å². The zero-order chi connectivity index (χ0) is 29.1. The summed E-state index contributed by atoms with van der Waals surface area (Å²) in [5.41, 5.74) is 0. The van der Waals surface area contributed by atoms with Crippen molar-refractivity contribution in [2.24, 2.45) is 0 Å². The molecule has 0 saturated heterocycles. The molecule has 0 heterocycles. The van der Waals surface area contributed by atoms with E-state index >= 15 is 0 Å². The highest BCUT2D eigenvalue weighted by atomic mass is 31.2. The van der Waals surface area contributed by atoms with Crippen molar-refractivity contribution in [3.05, 3.63) is 0 Å². The zero-order valence-electron chi connectivity index (χ0n) is 25.3. The molecule has 0 spiro atoms. The minimum Gasteiger partial charge on any atom is -0.389 e. The highest BCUT2D eigenvalue weighted by Crippen LogP contribution is 2.35. The summed E-state index contributed by atoms with van der Waals surface area (Å²) in [6.07, 6.45) is 19.7. The van der Waals surface area contributed by atoms with E-state index in [1.807, 2.05) is 28.1 Å². The molecule has 0 rings (SSSR count). The predicted octanol–water partition coefficient (Wildman–Crippen LogP) is 5.56. The predicted molar refractivity (Wildman–Crippen MR) is 156 cm³/mol. The maximum absolute atomic E-state index is 11.3. The van der Waals surface area contributed by atoms with E-state index in [9.17, 15) is 14.5 Å². The number of carbonyl (C=O) groups is 1. The smallest absolute Gasteiger partial charge is 0.389 e. The van der Waals surface area contributed by atoms with Crippen molar-refractivity contribution < 1.29 is 38.0 Å². The fourth-order valence-corrected chi connectivity index (χ4v) is 3.98. The maximum Gasteiger partial charge on any atom is 0.469 e. The number of aliphatic hydroxyl groups is 1. The van der Waals surface area contributed by atoms with Crippen LogP contribution in [0.5, 0.6) is 0 Å². The molecule has 0 radical (unpaired) electrons. The first-order valence-electron chi connectivity index (χ1n) is 14.9. The normalized spacial score (nSPS) is 12.6. The summed E-state index contributed by atoms with van der Waals surface area (Å²) < 4.78 is 20.6. The molecule has 0 aliphatic rings. The average Bonchev–Trinajstić information content (AvgIpc) is 2.81. The molecule has 0 fully saturated rings. The summed E-state index contributed by atoms with van der Waals surface area (Å²) in [5.74, 6) is 0.00326. The second-order valence-electron chi connectivity index (χ2n) is 11.2. The molecule has 1 atom stereocenters. The number of hydrogen-bond acceptors (Lipinski definition) is 5. The lowest BCUT2D eigenvalue weighted by Gasteiger charge is -2.23. The van der Waals surface area contributed by atoms with Crippen LogP contribution >= 0.6 is 7.82 Å². The number of phosphoric acid groups is 1. The number of likely N-dealkylation sites (N-methyl/N-ethyl adjacent to an activating group) is 1. The van der Waals surface area contributed by atoms with E-state index in [0.717, 1.165) is 12.8 Å². The van der Waals surface area contributed by atoms with Gasteiger partial charge in [-0.05, 0) is 12.8 Å². The average molecular weight is 570 g/mol. The second-order valence-corrected chi connectivity index (χ2v) is 12.5. The number of phosphoric ester groups is 1. The fourth-order valence-electron chi connectivity index (χ4n) is 3.66. The summed E-state index contributed by atoms with van der Waals surface area (Å²) >= 11 is 0. The molecule has 0 aromatic carbocycles. The van der Waals surface area contributed by atoms with Crippen LogP contribution in [-0.4, -0.2) is 85.4 Å². The van der Waals surface area contributed by atoms with E-state index in [2.05, 4.69) is 16.8 Å². The van der Waals surface area contributed by atoms with Gasteiger partial charge in [0.15, 0.2) is 0 Å². The van der Waals surface area contributed by atoms with Crippen LogP contribution in [0.1, 0.15) is 117 Å². The van der Waals surface area contributed by atoms with Crippen LogP contribution in [0, 0.1) is 0 Å². The Morgan fingerprint density at radius 2 is 1.26 bits per heavy atom. The quantitative estimate of drug-likeness (QED) is 0.0644. The third-order valence-corrected chi connectivity index (χ3v) is 6.50. The highest BCUT2D eigenvalue weighted by Gasteiger charge is 2.16. The number of unbranched alkanes of at least 4 members (excludes halogenated alkanes) is 13. The molecule has 0 bridgehead atoms. The first kappa shape index (κ1) is 39.6. The molecule has 0 aromatic rings. The third-order valence-electron chi connectivity index (χ3n) is 5.99. The lowest BCUT2D eigenvalue weighted by Crippen LogP contribution is -2.37. The van der Waals surface area contributed by atoms with Gasteiger partial charge in [0, 0.05) is 19.6 Å². The Labute approximate surface area is 233 Å². The van der Waals surface area contributed by atoms with Crippen molar-refractivity contribution in [1.82, 2.24) is 5.32 Å². The van der Waals surface area contributed by atoms with Crippen molar-refractivity contribution >= 4 is 13.7 Å². The van der Waals surface area contributed by atoms with Crippen LogP contribution in [0.15, 0.2) is 0 Å². The van der Waals surface area contributed by atoms with Crippen LogP contribution in [0.4, 0.5) is 0 Å². The Hall–Kier alpha value is -0.540. The summed E-state index contributed by atoms with van der Waals surface area (Å²) in [6, 6.07) is 0. The summed E-state index contributed by atoms with van der Waals surface area (Å²) in [7, 11) is 1.50. The molecule has 10 heteroatoms. The number of quaternary nitrogens is 1. The van der Waals surface area contributed by atoms with Crippen molar-refractivity contribution in [1.29, 1.82) is 0 Å². The Morgan fingerprint density at radius 1 is 0.789 bits per heavy atom. The Bertz CT molecular complexity index is 568. The lowest BCUT2D eigenvalue weighted by molar-refractivity contribution is -0.870. The molecule has 0 aliphatic carbocycles. The molecule has 0 aliphatic heterocycles. The summed E-state index contributed by atoms with van der Waals surface area (Å²) in [4.78, 5) is 27.9. The topological polar surface area (TPSA) is 125 Å². The first-order chi connectivity index (χ1) is 17.9. The second kappa shape index (κ2) is 26.7. The molecule has 1 unspecified atom stereocenters. The number of hydrogen-bond donors (Lipinski definition) is 4. The van der Waals surface area contributed by atoms with Gasteiger partial charge in [-0.3, -0.25) is 9.32 Å². The number of nitrogens with zero attached hydrogens (tertiary/aromatic N) is 1. The molecule has 0 aromatic heterocycles. The molecular formula is C28H62N2O7P+. The van der Waals surface area contributed by atoms with Gasteiger partial charge in [-0.1, -0.05) is 97.3 Å². The van der Waals surface area contributed by atoms with Gasteiger partial charge in [0.05, 0.1) is 33.9 Å². The number of ether oxygens (including phenoxy) is 1. The molecule has 9 nitrogen and oxygen atoms in total. The zero-order valence-corrected chi connectivity index (χ0v) is 26.2. The van der Waals surface area contributed by atoms with E-state index in [1.54, 1.807) is 0 Å². The molecule has 1 amide bonds.